The molecule has 21 heavy (non-hydrogen) atoms. The molecule has 7 heteroatoms. The molecule has 1 N–H and O–H groups in total. The summed E-state index contributed by atoms with van der Waals surface area (Å²) in [7, 11) is 0. The number of fused-ring (bicyclic) bond motifs is 1. The molecule has 1 aromatic heterocycles. The van der Waals surface area contributed by atoms with Gasteiger partial charge in [-0.3, -0.25) is 0 Å². The third-order valence-electron chi connectivity index (χ3n) is 3.15. The number of imidazole rings is 1. The number of aromatic nitrogens is 2. The molecule has 3 aromatic rings. The van der Waals surface area contributed by atoms with Crippen LogP contribution in [-0.4, -0.2) is 9.55 Å². The van der Waals surface area contributed by atoms with Crippen molar-refractivity contribution in [2.24, 2.45) is 0 Å². The smallest absolute Gasteiger partial charge is 0.184 e. The van der Waals surface area contributed by atoms with Crippen LogP contribution in [-0.2, 0) is 6.54 Å². The highest BCUT2D eigenvalue weighted by Crippen LogP contribution is 2.23. The van der Waals surface area contributed by atoms with E-state index in [9.17, 15) is 13.2 Å². The molecule has 0 atom stereocenters. The first-order chi connectivity index (χ1) is 9.97. The van der Waals surface area contributed by atoms with Crippen LogP contribution in [0.4, 0.5) is 13.2 Å². The second-order valence-electron chi connectivity index (χ2n) is 4.52. The minimum atomic E-state index is -0.979. The van der Waals surface area contributed by atoms with Gasteiger partial charge in [-0.2, -0.15) is 0 Å². The molecule has 108 valence electrons. The maximum Gasteiger partial charge on any atom is 0.184 e. The van der Waals surface area contributed by atoms with Crippen molar-refractivity contribution in [2.75, 3.05) is 0 Å². The van der Waals surface area contributed by atoms with E-state index in [0.29, 0.717) is 11.1 Å². The maximum atomic E-state index is 14.0. The molecule has 0 saturated carbocycles. The molecule has 1 heterocycles. The SMILES string of the molecule is Fc1ccc(Cn2c(=S)[nH]c3ccc(F)c(F)c32)cc1Cl. The van der Waals surface area contributed by atoms with E-state index in [1.54, 1.807) is 0 Å². The summed E-state index contributed by atoms with van der Waals surface area (Å²) in [5, 5.41) is -0.0366. The first kappa shape index (κ1) is 14.2. The largest absolute Gasteiger partial charge is 0.330 e. The predicted molar refractivity (Wildman–Crippen MR) is 77.6 cm³/mol. The van der Waals surface area contributed by atoms with Crippen molar-refractivity contribution in [3.8, 4) is 0 Å². The summed E-state index contributed by atoms with van der Waals surface area (Å²) in [6, 6.07) is 6.60. The van der Waals surface area contributed by atoms with Gasteiger partial charge in [0.1, 0.15) is 11.3 Å². The molecule has 0 radical (unpaired) electrons. The minimum Gasteiger partial charge on any atom is -0.330 e. The average molecular weight is 329 g/mol. The monoisotopic (exact) mass is 328 g/mol. The standard InChI is InChI=1S/C14H8ClF3N2S/c15-8-5-7(1-2-9(8)16)6-20-13-11(19-14(20)21)4-3-10(17)12(13)18/h1-5H,6H2,(H,19,21). The number of benzene rings is 2. The third-order valence-corrected chi connectivity index (χ3v) is 3.76. The van der Waals surface area contributed by atoms with E-state index in [4.69, 9.17) is 23.8 Å². The fourth-order valence-electron chi connectivity index (χ4n) is 2.16. The van der Waals surface area contributed by atoms with Crippen LogP contribution >= 0.6 is 23.8 Å². The van der Waals surface area contributed by atoms with Crippen molar-refractivity contribution in [1.29, 1.82) is 0 Å². The number of H-pyrrole nitrogens is 1. The lowest BCUT2D eigenvalue weighted by atomic mass is 10.2. The van der Waals surface area contributed by atoms with Gasteiger partial charge in [-0.1, -0.05) is 17.7 Å². The zero-order valence-electron chi connectivity index (χ0n) is 10.5. The first-order valence-corrected chi connectivity index (χ1v) is 6.76. The van der Waals surface area contributed by atoms with Gasteiger partial charge in [-0.25, -0.2) is 13.2 Å². The van der Waals surface area contributed by atoms with Crippen molar-refractivity contribution in [2.45, 2.75) is 6.54 Å². The molecular formula is C14H8ClF3N2S. The molecule has 0 spiro atoms. The van der Waals surface area contributed by atoms with Crippen LogP contribution in [0, 0.1) is 22.2 Å². The van der Waals surface area contributed by atoms with Gasteiger partial charge in [0, 0.05) is 0 Å². The summed E-state index contributed by atoms with van der Waals surface area (Å²) in [6.07, 6.45) is 0. The van der Waals surface area contributed by atoms with Gasteiger partial charge in [-0.05, 0) is 42.0 Å². The van der Waals surface area contributed by atoms with Crippen molar-refractivity contribution in [1.82, 2.24) is 9.55 Å². The quantitative estimate of drug-likeness (QED) is 0.669. The van der Waals surface area contributed by atoms with Gasteiger partial charge in [0.2, 0.25) is 0 Å². The Labute approximate surface area is 127 Å². The molecule has 0 amide bonds. The van der Waals surface area contributed by atoms with E-state index in [-0.39, 0.29) is 21.9 Å². The first-order valence-electron chi connectivity index (χ1n) is 5.98. The Morgan fingerprint density at radius 3 is 2.52 bits per heavy atom. The van der Waals surface area contributed by atoms with Crippen LogP contribution in [0.1, 0.15) is 5.56 Å². The van der Waals surface area contributed by atoms with E-state index in [1.807, 2.05) is 0 Å². The Morgan fingerprint density at radius 1 is 1.10 bits per heavy atom. The highest BCUT2D eigenvalue weighted by Gasteiger charge is 2.14. The van der Waals surface area contributed by atoms with Gasteiger partial charge in [-0.15, -0.1) is 0 Å². The Balaban J connectivity index is 2.16. The van der Waals surface area contributed by atoms with Crippen LogP contribution in [0.3, 0.4) is 0 Å². The van der Waals surface area contributed by atoms with Crippen molar-refractivity contribution < 1.29 is 13.2 Å². The predicted octanol–water partition coefficient (Wildman–Crippen LogP) is 4.82. The van der Waals surface area contributed by atoms with E-state index in [1.165, 1.54) is 28.8 Å². The maximum absolute atomic E-state index is 14.0. The topological polar surface area (TPSA) is 20.7 Å². The lowest BCUT2D eigenvalue weighted by Gasteiger charge is -2.07. The molecule has 3 rings (SSSR count). The molecule has 0 saturated heterocycles. The summed E-state index contributed by atoms with van der Waals surface area (Å²) in [5.74, 6) is -2.48. The van der Waals surface area contributed by atoms with E-state index >= 15 is 0 Å². The third kappa shape index (κ3) is 2.45. The molecule has 2 nitrogen and oxygen atoms in total. The Bertz CT molecular complexity index is 901. The number of nitrogens with one attached hydrogen (secondary N) is 1. The zero-order valence-corrected chi connectivity index (χ0v) is 12.0. The lowest BCUT2D eigenvalue weighted by Crippen LogP contribution is -2.02. The molecular weight excluding hydrogens is 321 g/mol. The number of nitrogens with zero attached hydrogens (tertiary/aromatic N) is 1. The summed E-state index contributed by atoms with van der Waals surface area (Å²) in [5.41, 5.74) is 1.06. The van der Waals surface area contributed by atoms with Crippen LogP contribution in [0.2, 0.25) is 5.02 Å². The van der Waals surface area contributed by atoms with Gasteiger partial charge in [0.05, 0.1) is 17.1 Å². The highest BCUT2D eigenvalue weighted by molar-refractivity contribution is 7.71. The molecule has 0 aliphatic heterocycles. The Kier molecular flexibility index (Phi) is 3.51. The summed E-state index contributed by atoms with van der Waals surface area (Å²) in [6.45, 7) is 0.152. The van der Waals surface area contributed by atoms with Crippen LogP contribution < -0.4 is 0 Å². The van der Waals surface area contributed by atoms with E-state index < -0.39 is 17.5 Å². The lowest BCUT2D eigenvalue weighted by molar-refractivity contribution is 0.512. The summed E-state index contributed by atoms with van der Waals surface area (Å²) >= 11 is 10.8. The highest BCUT2D eigenvalue weighted by atomic mass is 35.5. The summed E-state index contributed by atoms with van der Waals surface area (Å²) < 4.78 is 42.2. The Hall–Kier alpha value is -1.79. The van der Waals surface area contributed by atoms with Crippen LogP contribution in [0.15, 0.2) is 30.3 Å². The Morgan fingerprint density at radius 2 is 1.81 bits per heavy atom. The number of aromatic amines is 1. The van der Waals surface area contributed by atoms with Gasteiger partial charge >= 0.3 is 0 Å². The average Bonchev–Trinajstić information content (AvgIpc) is 2.76. The van der Waals surface area contributed by atoms with Gasteiger partial charge < -0.3 is 9.55 Å². The second kappa shape index (κ2) is 5.20. The van der Waals surface area contributed by atoms with Crippen molar-refractivity contribution in [3.63, 3.8) is 0 Å². The van der Waals surface area contributed by atoms with Crippen LogP contribution in [0.5, 0.6) is 0 Å². The normalized spacial score (nSPS) is 11.2. The van der Waals surface area contributed by atoms with Gasteiger partial charge in [0.25, 0.3) is 0 Å². The fourth-order valence-corrected chi connectivity index (χ4v) is 2.63. The molecule has 0 aliphatic carbocycles. The number of hydrogen-bond donors (Lipinski definition) is 1. The van der Waals surface area contributed by atoms with Crippen molar-refractivity contribution >= 4 is 34.9 Å². The summed E-state index contributed by atoms with van der Waals surface area (Å²) in [4.78, 5) is 2.81. The fraction of sp³-hybridized carbons (Fsp3) is 0.0714. The van der Waals surface area contributed by atoms with E-state index in [0.717, 1.165) is 6.07 Å². The molecule has 0 aliphatic rings. The second-order valence-corrected chi connectivity index (χ2v) is 5.32. The van der Waals surface area contributed by atoms with Crippen LogP contribution in [0.25, 0.3) is 11.0 Å². The molecule has 0 fully saturated rings. The zero-order chi connectivity index (χ0) is 15.1. The molecule has 2 aromatic carbocycles. The number of hydrogen-bond acceptors (Lipinski definition) is 1. The molecule has 0 unspecified atom stereocenters. The minimum absolute atomic E-state index is 0.0366. The molecule has 0 bridgehead atoms. The number of halogens is 4. The number of rotatable bonds is 2. The van der Waals surface area contributed by atoms with E-state index in [2.05, 4.69) is 4.98 Å². The van der Waals surface area contributed by atoms with Crippen molar-refractivity contribution in [3.05, 3.63) is 63.1 Å². The van der Waals surface area contributed by atoms with Gasteiger partial charge in [0.15, 0.2) is 16.4 Å².